The van der Waals surface area contributed by atoms with E-state index in [-0.39, 0.29) is 5.97 Å². The van der Waals surface area contributed by atoms with E-state index in [0.717, 1.165) is 0 Å². The van der Waals surface area contributed by atoms with Crippen molar-refractivity contribution < 1.29 is 24.0 Å². The van der Waals surface area contributed by atoms with Crippen LogP contribution in [0.5, 0.6) is 0 Å². The zero-order valence-electron chi connectivity index (χ0n) is 11.2. The second-order valence-corrected chi connectivity index (χ2v) is 5.14. The third kappa shape index (κ3) is 1.77. The Labute approximate surface area is 107 Å². The van der Waals surface area contributed by atoms with E-state index in [1.54, 1.807) is 26.8 Å². The molecule has 0 radical (unpaired) electrons. The first-order valence-electron chi connectivity index (χ1n) is 6.26. The predicted octanol–water partition coefficient (Wildman–Crippen LogP) is 2.32. The van der Waals surface area contributed by atoms with Crippen LogP contribution in [0, 0.1) is 5.41 Å². The van der Waals surface area contributed by atoms with Crippen LogP contribution in [-0.2, 0) is 24.0 Å². The van der Waals surface area contributed by atoms with Gasteiger partial charge in [-0.3, -0.25) is 4.79 Å². The zero-order chi connectivity index (χ0) is 13.4. The van der Waals surface area contributed by atoms with Crippen molar-refractivity contribution in [1.82, 2.24) is 0 Å². The Morgan fingerprint density at radius 1 is 1.39 bits per heavy atom. The molecule has 0 aromatic heterocycles. The van der Waals surface area contributed by atoms with Gasteiger partial charge in [0.25, 0.3) is 0 Å². The van der Waals surface area contributed by atoms with Crippen LogP contribution in [0.1, 0.15) is 40.0 Å². The smallest absolute Gasteiger partial charge is 0.318 e. The molecule has 2 aliphatic heterocycles. The van der Waals surface area contributed by atoms with E-state index in [0.29, 0.717) is 25.9 Å². The van der Waals surface area contributed by atoms with Gasteiger partial charge in [-0.15, -0.1) is 6.58 Å². The van der Waals surface area contributed by atoms with Crippen molar-refractivity contribution in [2.45, 2.75) is 51.6 Å². The minimum Gasteiger partial charge on any atom is -0.465 e. The van der Waals surface area contributed by atoms with Crippen molar-refractivity contribution in [3.05, 3.63) is 12.7 Å². The summed E-state index contributed by atoms with van der Waals surface area (Å²) in [4.78, 5) is 22.9. The van der Waals surface area contributed by atoms with Crippen LogP contribution in [0.4, 0.5) is 0 Å². The predicted molar refractivity (Wildman–Crippen MR) is 63.2 cm³/mol. The molecule has 2 bridgehead atoms. The molecule has 2 saturated heterocycles. The maximum Gasteiger partial charge on any atom is 0.318 e. The molecule has 18 heavy (non-hydrogen) atoms. The van der Waals surface area contributed by atoms with E-state index in [4.69, 9.17) is 19.2 Å². The van der Waals surface area contributed by atoms with E-state index in [9.17, 15) is 4.79 Å². The van der Waals surface area contributed by atoms with Crippen LogP contribution in [-0.4, -0.2) is 24.2 Å². The van der Waals surface area contributed by atoms with Gasteiger partial charge in [0, 0.05) is 6.42 Å². The Balaban J connectivity index is 2.35. The lowest BCUT2D eigenvalue weighted by Gasteiger charge is -2.44. The van der Waals surface area contributed by atoms with Crippen LogP contribution in [0.15, 0.2) is 12.7 Å². The Morgan fingerprint density at radius 3 is 2.72 bits per heavy atom. The van der Waals surface area contributed by atoms with E-state index >= 15 is 0 Å². The highest BCUT2D eigenvalue weighted by Crippen LogP contribution is 2.56. The number of ether oxygens (including phenoxy) is 2. The summed E-state index contributed by atoms with van der Waals surface area (Å²) in [5, 5.41) is 0. The quantitative estimate of drug-likeness (QED) is 0.439. The molecule has 0 saturated carbocycles. The maximum atomic E-state index is 12.3. The number of esters is 1. The Morgan fingerprint density at radius 2 is 2.11 bits per heavy atom. The van der Waals surface area contributed by atoms with E-state index < -0.39 is 17.0 Å². The molecule has 0 aliphatic carbocycles. The minimum atomic E-state index is -1.12. The number of hydrogen-bond acceptors (Lipinski definition) is 5. The largest absolute Gasteiger partial charge is 0.465 e. The second-order valence-electron chi connectivity index (χ2n) is 5.14. The van der Waals surface area contributed by atoms with Gasteiger partial charge in [-0.25, -0.2) is 0 Å². The summed E-state index contributed by atoms with van der Waals surface area (Å²) in [6.07, 6.45) is 3.29. The molecule has 0 aromatic rings. The van der Waals surface area contributed by atoms with Crippen LogP contribution in [0.25, 0.3) is 0 Å². The van der Waals surface area contributed by atoms with Crippen molar-refractivity contribution in [2.24, 2.45) is 5.41 Å². The van der Waals surface area contributed by atoms with Crippen LogP contribution in [0.3, 0.4) is 0 Å². The summed E-state index contributed by atoms with van der Waals surface area (Å²) in [5.74, 6) is -2.22. The first-order chi connectivity index (χ1) is 8.41. The van der Waals surface area contributed by atoms with Gasteiger partial charge in [-0.2, -0.15) is 9.78 Å². The summed E-state index contributed by atoms with van der Waals surface area (Å²) < 4.78 is 11.0. The average Bonchev–Trinajstić information content (AvgIpc) is 2.58. The molecular formula is C13H20O5. The number of fused-ring (bicyclic) bond motifs is 2. The molecule has 0 amide bonds. The number of carbonyl (C=O) groups is 1. The molecule has 0 unspecified atom stereocenters. The summed E-state index contributed by atoms with van der Waals surface area (Å²) in [6.45, 7) is 9.35. The normalized spacial score (nSPS) is 42.6. The number of carbonyl (C=O) groups excluding carboxylic acids is 1. The van der Waals surface area contributed by atoms with E-state index in [2.05, 4.69) is 6.58 Å². The fourth-order valence-corrected chi connectivity index (χ4v) is 2.73. The summed E-state index contributed by atoms with van der Waals surface area (Å²) in [7, 11) is 0. The molecule has 102 valence electrons. The minimum absolute atomic E-state index is 0.319. The second kappa shape index (κ2) is 4.33. The molecular weight excluding hydrogens is 236 g/mol. The Bertz CT molecular complexity index is 368. The summed E-state index contributed by atoms with van der Waals surface area (Å²) >= 11 is 0. The maximum absolute atomic E-state index is 12.3. The molecule has 2 rings (SSSR count). The van der Waals surface area contributed by atoms with Gasteiger partial charge in [0.2, 0.25) is 11.6 Å². The van der Waals surface area contributed by atoms with Crippen molar-refractivity contribution in [2.75, 3.05) is 6.61 Å². The molecule has 5 nitrogen and oxygen atoms in total. The Kier molecular flexibility index (Phi) is 3.25. The summed E-state index contributed by atoms with van der Waals surface area (Å²) in [5.41, 5.74) is -0.888. The van der Waals surface area contributed by atoms with Gasteiger partial charge in [-0.1, -0.05) is 6.08 Å². The van der Waals surface area contributed by atoms with Crippen LogP contribution < -0.4 is 0 Å². The van der Waals surface area contributed by atoms with Crippen LogP contribution >= 0.6 is 0 Å². The number of hydrogen-bond donors (Lipinski definition) is 0. The lowest BCUT2D eigenvalue weighted by molar-refractivity contribution is -0.352. The molecule has 2 fully saturated rings. The van der Waals surface area contributed by atoms with Gasteiger partial charge in [0.1, 0.15) is 5.41 Å². The van der Waals surface area contributed by atoms with Crippen molar-refractivity contribution in [3.8, 4) is 0 Å². The third-order valence-electron chi connectivity index (χ3n) is 3.82. The fraction of sp³-hybridized carbons (Fsp3) is 0.769. The third-order valence-corrected chi connectivity index (χ3v) is 3.82. The molecule has 0 aromatic carbocycles. The highest BCUT2D eigenvalue weighted by molar-refractivity contribution is 5.78. The van der Waals surface area contributed by atoms with E-state index in [1.165, 1.54) is 0 Å². The van der Waals surface area contributed by atoms with Crippen molar-refractivity contribution >= 4 is 5.97 Å². The van der Waals surface area contributed by atoms with E-state index in [1.807, 2.05) is 0 Å². The zero-order valence-corrected chi connectivity index (χ0v) is 11.2. The molecule has 2 heterocycles. The Hall–Kier alpha value is -0.910. The first-order valence-corrected chi connectivity index (χ1v) is 6.26. The molecule has 0 N–H and O–H groups in total. The summed E-state index contributed by atoms with van der Waals surface area (Å²) in [6, 6.07) is 0. The first kappa shape index (κ1) is 13.5. The lowest BCUT2D eigenvalue weighted by atomic mass is 9.70. The highest BCUT2D eigenvalue weighted by atomic mass is 17.3. The molecule has 2 aliphatic rings. The van der Waals surface area contributed by atoms with Crippen molar-refractivity contribution in [3.63, 3.8) is 0 Å². The molecule has 5 heteroatoms. The monoisotopic (exact) mass is 256 g/mol. The lowest BCUT2D eigenvalue weighted by Crippen LogP contribution is -2.57. The molecule has 0 spiro atoms. The SMILES string of the molecule is C=CC[C@]1(C(=O)OCC)CC[C@]2(C)OO[C@@]1(C)O2. The topological polar surface area (TPSA) is 54.0 Å². The van der Waals surface area contributed by atoms with Crippen LogP contribution in [0.2, 0.25) is 0 Å². The van der Waals surface area contributed by atoms with Gasteiger partial charge < -0.3 is 9.47 Å². The fourth-order valence-electron chi connectivity index (χ4n) is 2.73. The number of rotatable bonds is 4. The van der Waals surface area contributed by atoms with Gasteiger partial charge in [0.15, 0.2) is 0 Å². The number of allylic oxidation sites excluding steroid dienone is 1. The van der Waals surface area contributed by atoms with Gasteiger partial charge >= 0.3 is 5.97 Å². The van der Waals surface area contributed by atoms with Gasteiger partial charge in [0.05, 0.1) is 6.61 Å². The highest BCUT2D eigenvalue weighted by Gasteiger charge is 2.67. The van der Waals surface area contributed by atoms with Gasteiger partial charge in [-0.05, 0) is 33.6 Å². The molecule has 3 atom stereocenters. The van der Waals surface area contributed by atoms with Crippen molar-refractivity contribution in [1.29, 1.82) is 0 Å². The average molecular weight is 256 g/mol. The standard InChI is InChI=1S/C13H20O5/c1-5-7-13(10(14)15-6-2)9-8-11(3)16-12(13,4)18-17-11/h5H,1,6-9H2,2-4H3/t11-,12+,13+/m0/s1.